The molecule has 0 aliphatic heterocycles. The van der Waals surface area contributed by atoms with Crippen molar-refractivity contribution in [3.63, 3.8) is 0 Å². The number of halogens is 1. The van der Waals surface area contributed by atoms with Gasteiger partial charge in [0.1, 0.15) is 11.5 Å². The molecule has 0 spiro atoms. The van der Waals surface area contributed by atoms with Crippen molar-refractivity contribution in [3.8, 4) is 11.4 Å². The largest absolute Gasteiger partial charge is 0.350 e. The highest BCUT2D eigenvalue weighted by molar-refractivity contribution is 5.76. The second-order valence-corrected chi connectivity index (χ2v) is 5.99. The summed E-state index contributed by atoms with van der Waals surface area (Å²) < 4.78 is 20.0. The molecule has 0 unspecified atom stereocenters. The Bertz CT molecular complexity index is 1040. The van der Waals surface area contributed by atoms with Crippen LogP contribution in [0.5, 0.6) is 0 Å². The van der Waals surface area contributed by atoms with Gasteiger partial charge < -0.3 is 14.2 Å². The summed E-state index contributed by atoms with van der Waals surface area (Å²) in [6.07, 6.45) is 4.33. The van der Waals surface area contributed by atoms with Crippen LogP contribution in [0.15, 0.2) is 59.4 Å². The van der Waals surface area contributed by atoms with Crippen LogP contribution in [0.2, 0.25) is 0 Å². The Hall–Kier alpha value is -3.55. The average Bonchev–Trinajstić information content (AvgIpc) is 3.32. The second kappa shape index (κ2) is 7.36. The Morgan fingerprint density at radius 1 is 1.15 bits per heavy atom. The van der Waals surface area contributed by atoms with Crippen LogP contribution in [0.4, 0.5) is 4.39 Å². The zero-order chi connectivity index (χ0) is 18.6. The van der Waals surface area contributed by atoms with E-state index < -0.39 is 0 Å². The molecule has 4 aromatic rings. The van der Waals surface area contributed by atoms with E-state index in [1.807, 2.05) is 35.0 Å². The summed E-state index contributed by atoms with van der Waals surface area (Å²) in [5.41, 5.74) is 2.27. The Balaban J connectivity index is 1.29. The predicted molar refractivity (Wildman–Crippen MR) is 95.1 cm³/mol. The number of carbonyl (C=O) groups is 1. The lowest BCUT2D eigenvalue weighted by Crippen LogP contribution is -2.23. The molecule has 7 nitrogen and oxygen atoms in total. The quantitative estimate of drug-likeness (QED) is 0.568. The van der Waals surface area contributed by atoms with Crippen LogP contribution >= 0.6 is 0 Å². The molecule has 0 fully saturated rings. The Kier molecular flexibility index (Phi) is 4.61. The zero-order valence-corrected chi connectivity index (χ0v) is 14.3. The SMILES string of the molecule is O=C(CCc1nc(-c2ccc(F)cc2)no1)NCc1cn2ccccc2n1. The summed E-state index contributed by atoms with van der Waals surface area (Å²) in [5, 5.41) is 6.69. The molecule has 1 N–H and O–H groups in total. The van der Waals surface area contributed by atoms with Gasteiger partial charge in [-0.3, -0.25) is 4.79 Å². The predicted octanol–water partition coefficient (Wildman–Crippen LogP) is 2.77. The third kappa shape index (κ3) is 4.00. The molecule has 0 aliphatic carbocycles. The first-order valence-electron chi connectivity index (χ1n) is 8.45. The van der Waals surface area contributed by atoms with Gasteiger partial charge in [0.25, 0.3) is 0 Å². The topological polar surface area (TPSA) is 85.3 Å². The number of rotatable bonds is 6. The summed E-state index contributed by atoms with van der Waals surface area (Å²) >= 11 is 0. The van der Waals surface area contributed by atoms with Crippen molar-refractivity contribution in [1.29, 1.82) is 0 Å². The van der Waals surface area contributed by atoms with Gasteiger partial charge in [-0.2, -0.15) is 4.98 Å². The van der Waals surface area contributed by atoms with Crippen LogP contribution in [-0.4, -0.2) is 25.4 Å². The summed E-state index contributed by atoms with van der Waals surface area (Å²) in [6.45, 7) is 0.352. The number of benzene rings is 1. The number of aromatic nitrogens is 4. The van der Waals surface area contributed by atoms with Gasteiger partial charge in [0.15, 0.2) is 0 Å². The summed E-state index contributed by atoms with van der Waals surface area (Å²) in [7, 11) is 0. The van der Waals surface area contributed by atoms with Crippen molar-refractivity contribution in [1.82, 2.24) is 24.8 Å². The van der Waals surface area contributed by atoms with Crippen molar-refractivity contribution in [2.24, 2.45) is 0 Å². The van der Waals surface area contributed by atoms with E-state index in [9.17, 15) is 9.18 Å². The molecular formula is C19H16FN5O2. The lowest BCUT2D eigenvalue weighted by Gasteiger charge is -2.01. The molecule has 0 radical (unpaired) electrons. The number of imidazole rings is 1. The molecule has 3 aromatic heterocycles. The monoisotopic (exact) mass is 365 g/mol. The van der Waals surface area contributed by atoms with Gasteiger partial charge in [-0.15, -0.1) is 0 Å². The summed E-state index contributed by atoms with van der Waals surface area (Å²) in [4.78, 5) is 20.7. The highest BCUT2D eigenvalue weighted by atomic mass is 19.1. The van der Waals surface area contributed by atoms with Gasteiger partial charge in [0.2, 0.25) is 17.6 Å². The number of aryl methyl sites for hydroxylation is 1. The van der Waals surface area contributed by atoms with Crippen LogP contribution < -0.4 is 5.32 Å². The molecule has 1 aromatic carbocycles. The zero-order valence-electron chi connectivity index (χ0n) is 14.3. The molecule has 0 bridgehead atoms. The Morgan fingerprint density at radius 3 is 2.81 bits per heavy atom. The van der Waals surface area contributed by atoms with Crippen LogP contribution in [0.1, 0.15) is 18.0 Å². The van der Waals surface area contributed by atoms with E-state index in [0.717, 1.165) is 11.3 Å². The molecule has 3 heterocycles. The lowest BCUT2D eigenvalue weighted by molar-refractivity contribution is -0.121. The number of pyridine rings is 1. The maximum atomic E-state index is 13.0. The number of nitrogens with zero attached hydrogens (tertiary/aromatic N) is 4. The van der Waals surface area contributed by atoms with Crippen LogP contribution in [-0.2, 0) is 17.8 Å². The third-order valence-corrected chi connectivity index (χ3v) is 4.02. The minimum absolute atomic E-state index is 0.131. The number of hydrogen-bond acceptors (Lipinski definition) is 5. The standard InChI is InChI=1S/C19H16FN5O2/c20-14-6-4-13(5-7-14)19-23-18(27-24-19)9-8-17(26)21-11-15-12-25-10-2-1-3-16(25)22-15/h1-7,10,12H,8-9,11H2,(H,21,26). The fourth-order valence-electron chi connectivity index (χ4n) is 2.64. The molecule has 4 rings (SSSR count). The Labute approximate surface area is 153 Å². The van der Waals surface area contributed by atoms with Crippen LogP contribution in [0.3, 0.4) is 0 Å². The van der Waals surface area contributed by atoms with E-state index in [1.165, 1.54) is 12.1 Å². The van der Waals surface area contributed by atoms with Crippen molar-refractivity contribution >= 4 is 11.6 Å². The molecule has 0 saturated heterocycles. The maximum absolute atomic E-state index is 13.0. The van der Waals surface area contributed by atoms with Crippen molar-refractivity contribution < 1.29 is 13.7 Å². The molecule has 27 heavy (non-hydrogen) atoms. The van der Waals surface area contributed by atoms with Gasteiger partial charge in [0.05, 0.1) is 12.2 Å². The van der Waals surface area contributed by atoms with Gasteiger partial charge in [-0.1, -0.05) is 11.2 Å². The average molecular weight is 365 g/mol. The van der Waals surface area contributed by atoms with Crippen molar-refractivity contribution in [3.05, 3.63) is 72.3 Å². The fourth-order valence-corrected chi connectivity index (χ4v) is 2.64. The van der Waals surface area contributed by atoms with Crippen LogP contribution in [0, 0.1) is 5.82 Å². The van der Waals surface area contributed by atoms with E-state index in [2.05, 4.69) is 20.4 Å². The van der Waals surface area contributed by atoms with Gasteiger partial charge in [-0.05, 0) is 36.4 Å². The van der Waals surface area contributed by atoms with E-state index in [0.29, 0.717) is 30.2 Å². The van der Waals surface area contributed by atoms with E-state index >= 15 is 0 Å². The van der Waals surface area contributed by atoms with E-state index in [-0.39, 0.29) is 18.1 Å². The first kappa shape index (κ1) is 16.9. The van der Waals surface area contributed by atoms with Crippen molar-refractivity contribution in [2.45, 2.75) is 19.4 Å². The number of nitrogens with one attached hydrogen (secondary N) is 1. The molecule has 1 amide bonds. The lowest BCUT2D eigenvalue weighted by atomic mass is 10.2. The second-order valence-electron chi connectivity index (χ2n) is 5.99. The molecule has 136 valence electrons. The number of carbonyl (C=O) groups excluding carboxylic acids is 1. The summed E-state index contributed by atoms with van der Waals surface area (Å²) in [6, 6.07) is 11.5. The smallest absolute Gasteiger partial charge is 0.227 e. The van der Waals surface area contributed by atoms with Gasteiger partial charge in [0, 0.05) is 30.8 Å². The highest BCUT2D eigenvalue weighted by Gasteiger charge is 2.11. The number of hydrogen-bond donors (Lipinski definition) is 1. The Morgan fingerprint density at radius 2 is 2.00 bits per heavy atom. The maximum Gasteiger partial charge on any atom is 0.227 e. The molecular weight excluding hydrogens is 349 g/mol. The fraction of sp³-hybridized carbons (Fsp3) is 0.158. The minimum atomic E-state index is -0.329. The first-order valence-corrected chi connectivity index (χ1v) is 8.45. The van der Waals surface area contributed by atoms with E-state index in [1.54, 1.807) is 12.1 Å². The summed E-state index contributed by atoms with van der Waals surface area (Å²) in [5.74, 6) is 0.269. The van der Waals surface area contributed by atoms with E-state index in [4.69, 9.17) is 4.52 Å². The molecule has 8 heteroatoms. The minimum Gasteiger partial charge on any atom is -0.350 e. The number of amides is 1. The van der Waals surface area contributed by atoms with Gasteiger partial charge in [-0.25, -0.2) is 9.37 Å². The normalized spacial score (nSPS) is 11.0. The molecule has 0 saturated carbocycles. The van der Waals surface area contributed by atoms with Crippen LogP contribution in [0.25, 0.3) is 17.0 Å². The molecule has 0 aliphatic rings. The van der Waals surface area contributed by atoms with Gasteiger partial charge >= 0.3 is 0 Å². The molecule has 0 atom stereocenters. The number of fused-ring (bicyclic) bond motifs is 1. The first-order chi connectivity index (χ1) is 13.2. The van der Waals surface area contributed by atoms with Crippen molar-refractivity contribution in [2.75, 3.05) is 0 Å². The third-order valence-electron chi connectivity index (χ3n) is 4.02. The highest BCUT2D eigenvalue weighted by Crippen LogP contribution is 2.16.